The summed E-state index contributed by atoms with van der Waals surface area (Å²) >= 11 is 0. The molecule has 3 amide bonds. The normalized spacial score (nSPS) is 15.1. The zero-order valence-corrected chi connectivity index (χ0v) is 18.4. The van der Waals surface area contributed by atoms with Gasteiger partial charge in [-0.1, -0.05) is 31.2 Å². The molecule has 2 N–H and O–H groups in total. The Morgan fingerprint density at radius 3 is 2.39 bits per heavy atom. The second kappa shape index (κ2) is 10.2. The lowest BCUT2D eigenvalue weighted by atomic mass is 9.79. The van der Waals surface area contributed by atoms with E-state index in [-0.39, 0.29) is 11.9 Å². The van der Waals surface area contributed by atoms with Gasteiger partial charge in [0.2, 0.25) is 5.91 Å². The van der Waals surface area contributed by atoms with Gasteiger partial charge in [-0.25, -0.2) is 4.79 Å². The quantitative estimate of drug-likeness (QED) is 0.702. The summed E-state index contributed by atoms with van der Waals surface area (Å²) in [7, 11) is 1.63. The van der Waals surface area contributed by atoms with Gasteiger partial charge in [-0.2, -0.15) is 0 Å². The molecule has 0 radical (unpaired) electrons. The summed E-state index contributed by atoms with van der Waals surface area (Å²) in [6.07, 6.45) is 1.23. The molecule has 0 unspecified atom stereocenters. The molecule has 7 heteroatoms. The van der Waals surface area contributed by atoms with Gasteiger partial charge in [-0.15, -0.1) is 0 Å². The molecule has 0 saturated carbocycles. The van der Waals surface area contributed by atoms with E-state index in [9.17, 15) is 9.59 Å². The van der Waals surface area contributed by atoms with Crippen molar-refractivity contribution in [3.05, 3.63) is 54.1 Å². The van der Waals surface area contributed by atoms with Crippen LogP contribution in [0.1, 0.15) is 32.3 Å². The van der Waals surface area contributed by atoms with E-state index in [0.29, 0.717) is 50.5 Å². The molecule has 2 aromatic carbocycles. The van der Waals surface area contributed by atoms with Gasteiger partial charge in [0, 0.05) is 25.0 Å². The molecule has 0 atom stereocenters. The molecule has 0 bridgehead atoms. The highest BCUT2D eigenvalue weighted by Crippen LogP contribution is 2.32. The maximum atomic E-state index is 12.8. The molecule has 1 aliphatic rings. The molecule has 0 aliphatic carbocycles. The number of piperidine rings is 1. The molecule has 1 aliphatic heterocycles. The molecule has 0 aromatic heterocycles. The maximum absolute atomic E-state index is 12.8. The number of ether oxygens (including phenoxy) is 2. The van der Waals surface area contributed by atoms with Crippen LogP contribution in [0.2, 0.25) is 0 Å². The number of carbonyl (C=O) groups is 2. The first-order chi connectivity index (χ1) is 14.9. The van der Waals surface area contributed by atoms with E-state index in [0.717, 1.165) is 11.3 Å². The second-order valence-corrected chi connectivity index (χ2v) is 7.94. The van der Waals surface area contributed by atoms with Gasteiger partial charge in [0.15, 0.2) is 0 Å². The Morgan fingerprint density at radius 1 is 1.06 bits per heavy atom. The first-order valence-corrected chi connectivity index (χ1v) is 10.6. The highest BCUT2D eigenvalue weighted by Gasteiger charge is 2.38. The number of urea groups is 1. The number of nitrogens with one attached hydrogen (secondary N) is 2. The van der Waals surface area contributed by atoms with Gasteiger partial charge in [0.25, 0.3) is 0 Å². The number of benzene rings is 2. The van der Waals surface area contributed by atoms with Crippen LogP contribution in [0.4, 0.5) is 10.5 Å². The SMILES string of the molecule is CCOc1ccccc1NC(=O)N1CCC(C)(C(=O)NCc2ccc(OC)cc2)CC1. The van der Waals surface area contributed by atoms with Crippen LogP contribution in [-0.4, -0.2) is 43.6 Å². The highest BCUT2D eigenvalue weighted by molar-refractivity contribution is 5.91. The van der Waals surface area contributed by atoms with Crippen LogP contribution >= 0.6 is 0 Å². The van der Waals surface area contributed by atoms with Crippen molar-refractivity contribution in [1.82, 2.24) is 10.2 Å². The lowest BCUT2D eigenvalue weighted by Gasteiger charge is -2.38. The van der Waals surface area contributed by atoms with E-state index in [2.05, 4.69) is 10.6 Å². The number of carbonyl (C=O) groups excluding carboxylic acids is 2. The van der Waals surface area contributed by atoms with Gasteiger partial charge in [-0.3, -0.25) is 4.79 Å². The zero-order valence-electron chi connectivity index (χ0n) is 18.4. The van der Waals surface area contributed by atoms with Crippen molar-refractivity contribution < 1.29 is 19.1 Å². The molecule has 1 heterocycles. The van der Waals surface area contributed by atoms with E-state index in [1.165, 1.54) is 0 Å². The number of nitrogens with zero attached hydrogens (tertiary/aromatic N) is 1. The minimum atomic E-state index is -0.494. The molecule has 3 rings (SSSR count). The molecule has 1 fully saturated rings. The van der Waals surface area contributed by atoms with E-state index in [1.807, 2.05) is 62.4 Å². The summed E-state index contributed by atoms with van der Waals surface area (Å²) in [6, 6.07) is 14.9. The summed E-state index contributed by atoms with van der Waals surface area (Å²) in [4.78, 5) is 27.3. The van der Waals surface area contributed by atoms with E-state index < -0.39 is 5.41 Å². The summed E-state index contributed by atoms with van der Waals surface area (Å²) in [6.45, 7) is 5.92. The van der Waals surface area contributed by atoms with Crippen molar-refractivity contribution >= 4 is 17.6 Å². The average molecular weight is 426 g/mol. The Hall–Kier alpha value is -3.22. The summed E-state index contributed by atoms with van der Waals surface area (Å²) in [5, 5.41) is 5.97. The Balaban J connectivity index is 1.51. The number of anilines is 1. The fourth-order valence-corrected chi connectivity index (χ4v) is 3.62. The summed E-state index contributed by atoms with van der Waals surface area (Å²) in [5.74, 6) is 1.46. The van der Waals surface area contributed by atoms with Crippen LogP contribution in [0.25, 0.3) is 0 Å². The summed E-state index contributed by atoms with van der Waals surface area (Å²) in [5.41, 5.74) is 1.18. The number of rotatable bonds is 7. The van der Waals surface area contributed by atoms with Crippen molar-refractivity contribution in [1.29, 1.82) is 0 Å². The highest BCUT2D eigenvalue weighted by atomic mass is 16.5. The number of hydrogen-bond donors (Lipinski definition) is 2. The minimum Gasteiger partial charge on any atom is -0.497 e. The first kappa shape index (κ1) is 22.5. The van der Waals surface area contributed by atoms with Crippen LogP contribution in [0.15, 0.2) is 48.5 Å². The zero-order chi connectivity index (χ0) is 22.3. The lowest BCUT2D eigenvalue weighted by Crippen LogP contribution is -2.49. The van der Waals surface area contributed by atoms with Crippen molar-refractivity contribution in [2.24, 2.45) is 5.41 Å². The van der Waals surface area contributed by atoms with Crippen LogP contribution < -0.4 is 20.1 Å². The van der Waals surface area contributed by atoms with Crippen LogP contribution in [0.3, 0.4) is 0 Å². The third-order valence-electron chi connectivity index (χ3n) is 5.74. The van der Waals surface area contributed by atoms with Gasteiger partial charge >= 0.3 is 6.03 Å². The second-order valence-electron chi connectivity index (χ2n) is 7.94. The van der Waals surface area contributed by atoms with Gasteiger partial charge < -0.3 is 25.0 Å². The largest absolute Gasteiger partial charge is 0.497 e. The predicted molar refractivity (Wildman–Crippen MR) is 120 cm³/mol. The molecule has 1 saturated heterocycles. The smallest absolute Gasteiger partial charge is 0.321 e. The lowest BCUT2D eigenvalue weighted by molar-refractivity contribution is -0.132. The molecule has 2 aromatic rings. The van der Waals surface area contributed by atoms with E-state index in [4.69, 9.17) is 9.47 Å². The third kappa shape index (κ3) is 5.69. The van der Waals surface area contributed by atoms with E-state index in [1.54, 1.807) is 12.0 Å². The molecular formula is C24H31N3O4. The fourth-order valence-electron chi connectivity index (χ4n) is 3.62. The molecule has 7 nitrogen and oxygen atoms in total. The van der Waals surface area contributed by atoms with Crippen LogP contribution in [-0.2, 0) is 11.3 Å². The Morgan fingerprint density at radius 2 is 1.74 bits per heavy atom. The third-order valence-corrected chi connectivity index (χ3v) is 5.74. The van der Waals surface area contributed by atoms with Crippen molar-refractivity contribution in [2.45, 2.75) is 33.2 Å². The Bertz CT molecular complexity index is 890. The molecule has 31 heavy (non-hydrogen) atoms. The number of methoxy groups -OCH3 is 1. The van der Waals surface area contributed by atoms with E-state index >= 15 is 0 Å². The summed E-state index contributed by atoms with van der Waals surface area (Å²) < 4.78 is 10.7. The standard InChI is InChI=1S/C24H31N3O4/c1-4-31-21-8-6-5-7-20(21)26-23(29)27-15-13-24(2,14-16-27)22(28)25-17-18-9-11-19(30-3)12-10-18/h5-12H,4,13-17H2,1-3H3,(H,25,28)(H,26,29). The number of amides is 3. The maximum Gasteiger partial charge on any atom is 0.321 e. The van der Waals surface area contributed by atoms with Crippen molar-refractivity contribution in [3.63, 3.8) is 0 Å². The molecule has 166 valence electrons. The first-order valence-electron chi connectivity index (χ1n) is 10.6. The predicted octanol–water partition coefficient (Wildman–Crippen LogP) is 4.04. The molecular weight excluding hydrogens is 394 g/mol. The number of likely N-dealkylation sites (tertiary alicyclic amines) is 1. The number of para-hydroxylation sites is 2. The minimum absolute atomic E-state index is 0.0186. The van der Waals surface area contributed by atoms with Crippen molar-refractivity contribution in [3.8, 4) is 11.5 Å². The Kier molecular flexibility index (Phi) is 7.39. The molecule has 0 spiro atoms. The van der Waals surface area contributed by atoms with Crippen LogP contribution in [0.5, 0.6) is 11.5 Å². The number of hydrogen-bond acceptors (Lipinski definition) is 4. The average Bonchev–Trinajstić information content (AvgIpc) is 2.79. The Labute approximate surface area is 183 Å². The van der Waals surface area contributed by atoms with Gasteiger partial charge in [0.1, 0.15) is 11.5 Å². The van der Waals surface area contributed by atoms with Crippen LogP contribution in [0, 0.1) is 5.41 Å². The fraction of sp³-hybridized carbons (Fsp3) is 0.417. The topological polar surface area (TPSA) is 79.9 Å². The van der Waals surface area contributed by atoms with Gasteiger partial charge in [0.05, 0.1) is 19.4 Å². The monoisotopic (exact) mass is 425 g/mol. The van der Waals surface area contributed by atoms with Gasteiger partial charge in [-0.05, 0) is 49.6 Å². The van der Waals surface area contributed by atoms with Crippen molar-refractivity contribution in [2.75, 3.05) is 32.1 Å².